The first kappa shape index (κ1) is 14.6. The molecule has 0 saturated carbocycles. The van der Waals surface area contributed by atoms with E-state index in [1.165, 1.54) is 7.05 Å². The number of aryl methyl sites for hydroxylation is 1. The highest BCUT2D eigenvalue weighted by Crippen LogP contribution is 2.46. The van der Waals surface area contributed by atoms with Gasteiger partial charge in [0.1, 0.15) is 35.4 Å². The molecule has 0 bridgehead atoms. The molecular weight excluding hydrogens is 300 g/mol. The first-order valence-electron chi connectivity index (χ1n) is 6.50. The lowest BCUT2D eigenvalue weighted by Gasteiger charge is -2.35. The molecule has 1 atom stereocenters. The summed E-state index contributed by atoms with van der Waals surface area (Å²) in [7, 11) is 1.40. The zero-order valence-electron chi connectivity index (χ0n) is 11.7. The Bertz CT molecular complexity index is 732. The fourth-order valence-corrected chi connectivity index (χ4v) is 3.34. The maximum Gasteiger partial charge on any atom is 0.140 e. The molecule has 7 heteroatoms. The Labute approximate surface area is 125 Å². The van der Waals surface area contributed by atoms with Crippen molar-refractivity contribution in [1.82, 2.24) is 14.6 Å². The number of quaternary nitrogens is 1. The minimum Gasteiger partial charge on any atom is -0.627 e. The highest BCUT2D eigenvalue weighted by atomic mass is 35.5. The highest BCUT2D eigenvalue weighted by Gasteiger charge is 2.49. The molecule has 1 aliphatic rings. The molecule has 112 valence electrons. The van der Waals surface area contributed by atoms with Crippen molar-refractivity contribution >= 4 is 28.2 Å². The van der Waals surface area contributed by atoms with E-state index in [9.17, 15) is 14.0 Å². The summed E-state index contributed by atoms with van der Waals surface area (Å²) in [5, 5.41) is 13.3. The van der Waals surface area contributed by atoms with E-state index in [2.05, 4.69) is 9.97 Å². The van der Waals surface area contributed by atoms with Crippen LogP contribution in [-0.2, 0) is 5.41 Å². The van der Waals surface area contributed by atoms with Gasteiger partial charge in [-0.2, -0.15) is 0 Å². The van der Waals surface area contributed by atoms with E-state index in [0.29, 0.717) is 28.0 Å². The van der Waals surface area contributed by atoms with Crippen molar-refractivity contribution in [2.45, 2.75) is 12.3 Å². The maximum atomic E-state index is 13.5. The molecule has 0 saturated heterocycles. The van der Waals surface area contributed by atoms with Gasteiger partial charge in [-0.15, -0.1) is 0 Å². The van der Waals surface area contributed by atoms with E-state index in [1.807, 2.05) is 0 Å². The molecule has 2 aromatic rings. The van der Waals surface area contributed by atoms with Gasteiger partial charge in [0.25, 0.3) is 0 Å². The number of hydroxylamine groups is 2. The van der Waals surface area contributed by atoms with E-state index >= 15 is 0 Å². The van der Waals surface area contributed by atoms with Crippen molar-refractivity contribution in [2.24, 2.45) is 0 Å². The van der Waals surface area contributed by atoms with Crippen LogP contribution in [0, 0.1) is 12.1 Å². The van der Waals surface area contributed by atoms with Crippen molar-refractivity contribution in [3.8, 4) is 0 Å². The second kappa shape index (κ2) is 4.56. The SMILES string of the molecule is Cc1nc(Cl)c2cc3c(cc2n1)[N+](C)([O-])CC3(CF)CF. The Kier molecular flexibility index (Phi) is 3.16. The monoisotopic (exact) mass is 313 g/mol. The third-order valence-corrected chi connectivity index (χ3v) is 4.36. The molecule has 3 rings (SSSR count). The number of aromatic nitrogens is 2. The molecular formula is C14H14ClF2N3O. The van der Waals surface area contributed by atoms with Gasteiger partial charge < -0.3 is 9.85 Å². The van der Waals surface area contributed by atoms with Gasteiger partial charge in [0.2, 0.25) is 0 Å². The van der Waals surface area contributed by atoms with Gasteiger partial charge in [-0.3, -0.25) is 0 Å². The average Bonchev–Trinajstić information content (AvgIpc) is 2.65. The van der Waals surface area contributed by atoms with Gasteiger partial charge in [-0.25, -0.2) is 18.7 Å². The van der Waals surface area contributed by atoms with Crippen LogP contribution in [0.1, 0.15) is 11.4 Å². The topological polar surface area (TPSA) is 48.8 Å². The van der Waals surface area contributed by atoms with E-state index in [-0.39, 0.29) is 11.7 Å². The molecule has 2 heterocycles. The third-order valence-electron chi connectivity index (χ3n) is 4.08. The molecule has 4 nitrogen and oxygen atoms in total. The van der Waals surface area contributed by atoms with E-state index in [4.69, 9.17) is 11.6 Å². The number of nitrogens with zero attached hydrogens (tertiary/aromatic N) is 3. The van der Waals surface area contributed by atoms with Crippen LogP contribution in [0.15, 0.2) is 12.1 Å². The summed E-state index contributed by atoms with van der Waals surface area (Å²) in [5.41, 5.74) is -0.187. The molecule has 0 spiro atoms. The molecule has 1 aromatic heterocycles. The lowest BCUT2D eigenvalue weighted by molar-refractivity contribution is 0.220. The molecule has 1 aromatic carbocycles. The van der Waals surface area contributed by atoms with E-state index in [1.54, 1.807) is 19.1 Å². The first-order valence-corrected chi connectivity index (χ1v) is 6.88. The number of halogens is 3. The summed E-state index contributed by atoms with van der Waals surface area (Å²) in [6.07, 6.45) is 0. The molecule has 1 unspecified atom stereocenters. The maximum absolute atomic E-state index is 13.5. The molecule has 0 aliphatic carbocycles. The average molecular weight is 314 g/mol. The standard InChI is InChI=1S/C14H14ClF2N3O/c1-8-18-11-4-12-10(3-9(11)13(15)19-8)14(5-16,6-17)7-20(12,2)21/h3-4H,5-7H2,1-2H3. The molecule has 0 amide bonds. The summed E-state index contributed by atoms with van der Waals surface area (Å²) in [5.74, 6) is 0.479. The number of benzene rings is 1. The Balaban J connectivity index is 2.37. The van der Waals surface area contributed by atoms with Crippen molar-refractivity contribution < 1.29 is 8.78 Å². The Morgan fingerprint density at radius 1 is 1.33 bits per heavy atom. The van der Waals surface area contributed by atoms with Crippen molar-refractivity contribution in [2.75, 3.05) is 26.9 Å². The Morgan fingerprint density at radius 3 is 2.62 bits per heavy atom. The number of hydrogen-bond acceptors (Lipinski definition) is 3. The number of fused-ring (bicyclic) bond motifs is 2. The van der Waals surface area contributed by atoms with Crippen LogP contribution in [0.2, 0.25) is 5.15 Å². The lowest BCUT2D eigenvalue weighted by atomic mass is 9.84. The minimum atomic E-state index is -1.41. The predicted molar refractivity (Wildman–Crippen MR) is 78.9 cm³/mol. The molecule has 0 radical (unpaired) electrons. The highest BCUT2D eigenvalue weighted by molar-refractivity contribution is 6.34. The van der Waals surface area contributed by atoms with Crippen molar-refractivity contribution in [3.63, 3.8) is 0 Å². The fourth-order valence-electron chi connectivity index (χ4n) is 3.06. The second-order valence-corrected chi connectivity index (χ2v) is 6.11. The summed E-state index contributed by atoms with van der Waals surface area (Å²) < 4.78 is 26.2. The van der Waals surface area contributed by atoms with Crippen LogP contribution in [0.3, 0.4) is 0 Å². The zero-order valence-corrected chi connectivity index (χ0v) is 12.4. The zero-order chi connectivity index (χ0) is 15.4. The number of likely N-dealkylation sites (N-methyl/N-ethyl adjacent to an activating group) is 1. The van der Waals surface area contributed by atoms with E-state index in [0.717, 1.165) is 0 Å². The molecule has 21 heavy (non-hydrogen) atoms. The fraction of sp³-hybridized carbons (Fsp3) is 0.429. The Hall–Kier alpha value is -1.37. The van der Waals surface area contributed by atoms with Gasteiger partial charge in [0.05, 0.1) is 19.1 Å². The smallest absolute Gasteiger partial charge is 0.140 e. The van der Waals surface area contributed by atoms with Crippen molar-refractivity contribution in [1.29, 1.82) is 0 Å². The summed E-state index contributed by atoms with van der Waals surface area (Å²) in [4.78, 5) is 8.29. The summed E-state index contributed by atoms with van der Waals surface area (Å²) >= 11 is 6.09. The molecule has 1 aliphatic heterocycles. The van der Waals surface area contributed by atoms with Crippen LogP contribution in [0.4, 0.5) is 14.5 Å². The van der Waals surface area contributed by atoms with Gasteiger partial charge in [-0.05, 0) is 13.0 Å². The number of alkyl halides is 2. The van der Waals surface area contributed by atoms with Gasteiger partial charge in [0, 0.05) is 17.0 Å². The lowest BCUT2D eigenvalue weighted by Crippen LogP contribution is -2.44. The molecule has 0 N–H and O–H groups in total. The number of hydrogen-bond donors (Lipinski definition) is 0. The largest absolute Gasteiger partial charge is 0.627 e. The van der Waals surface area contributed by atoms with Crippen LogP contribution < -0.4 is 4.65 Å². The Morgan fingerprint density at radius 2 is 2.00 bits per heavy atom. The van der Waals surface area contributed by atoms with Gasteiger partial charge in [0.15, 0.2) is 0 Å². The molecule has 0 fully saturated rings. The van der Waals surface area contributed by atoms with Crippen LogP contribution >= 0.6 is 11.6 Å². The third kappa shape index (κ3) is 2.01. The van der Waals surface area contributed by atoms with Crippen LogP contribution in [-0.4, -0.2) is 36.9 Å². The van der Waals surface area contributed by atoms with Crippen LogP contribution in [0.5, 0.6) is 0 Å². The summed E-state index contributed by atoms with van der Waals surface area (Å²) in [6.45, 7) is -0.336. The van der Waals surface area contributed by atoms with Crippen LogP contribution in [0.25, 0.3) is 10.9 Å². The second-order valence-electron chi connectivity index (χ2n) is 5.75. The normalized spacial score (nSPS) is 23.5. The first-order chi connectivity index (χ1) is 9.83. The predicted octanol–water partition coefficient (Wildman–Crippen LogP) is 3.22. The van der Waals surface area contributed by atoms with Crippen molar-refractivity contribution in [3.05, 3.63) is 33.9 Å². The summed E-state index contributed by atoms with van der Waals surface area (Å²) in [6, 6.07) is 3.14. The van der Waals surface area contributed by atoms with E-state index < -0.39 is 23.4 Å². The van der Waals surface area contributed by atoms with Gasteiger partial charge >= 0.3 is 0 Å². The van der Waals surface area contributed by atoms with Gasteiger partial charge in [-0.1, -0.05) is 11.6 Å². The number of rotatable bonds is 2. The minimum absolute atomic E-state index is 0.171. The quantitative estimate of drug-likeness (QED) is 0.486.